The van der Waals surface area contributed by atoms with Crippen LogP contribution < -0.4 is 0 Å². The Balaban J connectivity index is 2.04. The number of alkyl halides is 1. The van der Waals surface area contributed by atoms with E-state index in [1.165, 1.54) is 25.9 Å². The van der Waals surface area contributed by atoms with Gasteiger partial charge >= 0.3 is 0 Å². The van der Waals surface area contributed by atoms with Crippen molar-refractivity contribution in [2.75, 3.05) is 38.7 Å². The van der Waals surface area contributed by atoms with Crippen molar-refractivity contribution in [3.05, 3.63) is 0 Å². The first-order chi connectivity index (χ1) is 5.93. The van der Waals surface area contributed by atoms with Gasteiger partial charge in [-0.15, -0.1) is 11.6 Å². The van der Waals surface area contributed by atoms with Gasteiger partial charge in [-0.05, 0) is 25.8 Å². The molecule has 0 aliphatic carbocycles. The number of hydrogen-bond acceptors (Lipinski definition) is 2. The van der Waals surface area contributed by atoms with Gasteiger partial charge < -0.3 is 9.64 Å². The van der Waals surface area contributed by atoms with Crippen LogP contribution in [0.5, 0.6) is 0 Å². The lowest BCUT2D eigenvalue weighted by Gasteiger charge is -2.18. The third-order valence-electron chi connectivity index (χ3n) is 2.17. The van der Waals surface area contributed by atoms with Gasteiger partial charge in [0.15, 0.2) is 0 Å². The second-order valence-corrected chi connectivity index (χ2v) is 3.58. The van der Waals surface area contributed by atoms with Crippen molar-refractivity contribution in [2.45, 2.75) is 19.3 Å². The predicted molar refractivity (Wildman–Crippen MR) is 51.8 cm³/mol. The maximum atomic E-state index is 5.61. The summed E-state index contributed by atoms with van der Waals surface area (Å²) in [4.78, 5) is 2.47. The van der Waals surface area contributed by atoms with E-state index in [0.29, 0.717) is 0 Å². The Kier molecular flexibility index (Phi) is 5.74. The van der Waals surface area contributed by atoms with Gasteiger partial charge in [-0.2, -0.15) is 0 Å². The van der Waals surface area contributed by atoms with Crippen molar-refractivity contribution in [2.24, 2.45) is 0 Å². The summed E-state index contributed by atoms with van der Waals surface area (Å²) in [6.45, 7) is 5.33. The lowest BCUT2D eigenvalue weighted by molar-refractivity contribution is 0.141. The standard InChI is InChI=1S/C9H18ClNO/c10-4-1-2-5-11-6-3-8-12-9-7-11/h1-9H2. The fraction of sp³-hybridized carbons (Fsp3) is 1.00. The molecular weight excluding hydrogens is 174 g/mol. The van der Waals surface area contributed by atoms with E-state index >= 15 is 0 Å². The van der Waals surface area contributed by atoms with Gasteiger partial charge in [0.05, 0.1) is 6.61 Å². The lowest BCUT2D eigenvalue weighted by atomic mass is 10.3. The fourth-order valence-electron chi connectivity index (χ4n) is 1.45. The summed E-state index contributed by atoms with van der Waals surface area (Å²) in [5, 5.41) is 0. The molecule has 3 heteroatoms. The van der Waals surface area contributed by atoms with Crippen LogP contribution in [0.3, 0.4) is 0 Å². The maximum Gasteiger partial charge on any atom is 0.0593 e. The Morgan fingerprint density at radius 1 is 1.17 bits per heavy atom. The molecule has 0 amide bonds. The van der Waals surface area contributed by atoms with Crippen molar-refractivity contribution in [3.63, 3.8) is 0 Å². The molecule has 0 aromatic carbocycles. The number of hydrogen-bond donors (Lipinski definition) is 0. The molecule has 72 valence electrons. The van der Waals surface area contributed by atoms with Gasteiger partial charge in [0.2, 0.25) is 0 Å². The molecule has 0 unspecified atom stereocenters. The van der Waals surface area contributed by atoms with Gasteiger partial charge in [0.25, 0.3) is 0 Å². The van der Waals surface area contributed by atoms with Crippen LogP contribution in [0, 0.1) is 0 Å². The summed E-state index contributed by atoms with van der Waals surface area (Å²) in [6, 6.07) is 0. The highest BCUT2D eigenvalue weighted by atomic mass is 35.5. The third kappa shape index (κ3) is 4.29. The van der Waals surface area contributed by atoms with Crippen molar-refractivity contribution in [1.82, 2.24) is 4.90 Å². The molecule has 2 nitrogen and oxygen atoms in total. The minimum Gasteiger partial charge on any atom is -0.380 e. The molecule has 0 spiro atoms. The number of halogens is 1. The predicted octanol–water partition coefficient (Wildman–Crippen LogP) is 1.73. The summed E-state index contributed by atoms with van der Waals surface area (Å²) < 4.78 is 5.36. The van der Waals surface area contributed by atoms with Gasteiger partial charge in [-0.1, -0.05) is 0 Å². The van der Waals surface area contributed by atoms with E-state index in [-0.39, 0.29) is 0 Å². The van der Waals surface area contributed by atoms with Crippen LogP contribution in [0.15, 0.2) is 0 Å². The molecule has 1 aliphatic heterocycles. The van der Waals surface area contributed by atoms with Crippen LogP contribution in [-0.4, -0.2) is 43.6 Å². The van der Waals surface area contributed by atoms with Crippen molar-refractivity contribution >= 4 is 11.6 Å². The van der Waals surface area contributed by atoms with Gasteiger partial charge in [-0.25, -0.2) is 0 Å². The Labute approximate surface area is 79.8 Å². The molecule has 12 heavy (non-hydrogen) atoms. The SMILES string of the molecule is ClCCCCN1CCCOCC1. The van der Waals surface area contributed by atoms with Crippen LogP contribution in [0.1, 0.15) is 19.3 Å². The van der Waals surface area contributed by atoms with Crippen molar-refractivity contribution in [1.29, 1.82) is 0 Å². The van der Waals surface area contributed by atoms with E-state index in [1.807, 2.05) is 0 Å². The second-order valence-electron chi connectivity index (χ2n) is 3.20. The number of rotatable bonds is 4. The molecule has 0 saturated carbocycles. The van der Waals surface area contributed by atoms with E-state index in [1.54, 1.807) is 0 Å². The number of unbranched alkanes of at least 4 members (excludes halogenated alkanes) is 1. The van der Waals surface area contributed by atoms with E-state index in [9.17, 15) is 0 Å². The van der Waals surface area contributed by atoms with Gasteiger partial charge in [0.1, 0.15) is 0 Å². The first kappa shape index (κ1) is 10.3. The first-order valence-electron chi connectivity index (χ1n) is 4.79. The maximum absolute atomic E-state index is 5.61. The van der Waals surface area contributed by atoms with Crippen LogP contribution in [0.4, 0.5) is 0 Å². The number of nitrogens with zero attached hydrogens (tertiary/aromatic N) is 1. The average Bonchev–Trinajstić information content (AvgIpc) is 2.33. The van der Waals surface area contributed by atoms with Gasteiger partial charge in [0, 0.05) is 25.6 Å². The van der Waals surface area contributed by atoms with E-state index in [2.05, 4.69) is 4.90 Å². The molecular formula is C9H18ClNO. The highest BCUT2D eigenvalue weighted by molar-refractivity contribution is 6.17. The Bertz CT molecular complexity index is 103. The summed E-state index contributed by atoms with van der Waals surface area (Å²) in [7, 11) is 0. The summed E-state index contributed by atoms with van der Waals surface area (Å²) in [5.41, 5.74) is 0. The molecule has 1 fully saturated rings. The topological polar surface area (TPSA) is 12.5 Å². The molecule has 1 rings (SSSR count). The first-order valence-corrected chi connectivity index (χ1v) is 5.33. The van der Waals surface area contributed by atoms with Crippen LogP contribution in [0.25, 0.3) is 0 Å². The highest BCUT2D eigenvalue weighted by Gasteiger charge is 2.07. The average molecular weight is 192 g/mol. The zero-order chi connectivity index (χ0) is 8.65. The summed E-state index contributed by atoms with van der Waals surface area (Å²) >= 11 is 5.61. The van der Waals surface area contributed by atoms with E-state index in [0.717, 1.165) is 32.1 Å². The zero-order valence-corrected chi connectivity index (χ0v) is 8.35. The van der Waals surface area contributed by atoms with Crippen LogP contribution >= 0.6 is 11.6 Å². The fourth-order valence-corrected chi connectivity index (χ4v) is 1.64. The van der Waals surface area contributed by atoms with Crippen LogP contribution in [0.2, 0.25) is 0 Å². The summed E-state index contributed by atoms with van der Waals surface area (Å²) in [5.74, 6) is 0.796. The zero-order valence-electron chi connectivity index (χ0n) is 7.60. The molecule has 0 radical (unpaired) electrons. The Morgan fingerprint density at radius 2 is 2.08 bits per heavy atom. The third-order valence-corrected chi connectivity index (χ3v) is 2.44. The molecule has 0 aromatic heterocycles. The molecule has 0 bridgehead atoms. The number of ether oxygens (including phenoxy) is 1. The molecule has 1 saturated heterocycles. The molecule has 1 aliphatic rings. The molecule has 0 atom stereocenters. The monoisotopic (exact) mass is 191 g/mol. The lowest BCUT2D eigenvalue weighted by Crippen LogP contribution is -2.27. The Hall–Kier alpha value is 0.210. The largest absolute Gasteiger partial charge is 0.380 e. The van der Waals surface area contributed by atoms with Crippen molar-refractivity contribution < 1.29 is 4.74 Å². The van der Waals surface area contributed by atoms with Crippen molar-refractivity contribution in [3.8, 4) is 0 Å². The van der Waals surface area contributed by atoms with E-state index < -0.39 is 0 Å². The molecule has 0 N–H and O–H groups in total. The van der Waals surface area contributed by atoms with Crippen LogP contribution in [-0.2, 0) is 4.74 Å². The minimum absolute atomic E-state index is 0.796. The second kappa shape index (κ2) is 6.70. The molecule has 1 heterocycles. The molecule has 0 aromatic rings. The normalized spacial score (nSPS) is 20.8. The Morgan fingerprint density at radius 3 is 2.92 bits per heavy atom. The van der Waals surface area contributed by atoms with E-state index in [4.69, 9.17) is 16.3 Å². The summed E-state index contributed by atoms with van der Waals surface area (Å²) in [6.07, 6.45) is 3.54. The minimum atomic E-state index is 0.796. The smallest absolute Gasteiger partial charge is 0.0593 e. The quantitative estimate of drug-likeness (QED) is 0.496. The van der Waals surface area contributed by atoms with Gasteiger partial charge in [-0.3, -0.25) is 0 Å². The highest BCUT2D eigenvalue weighted by Crippen LogP contribution is 2.01.